The number of nitrogens with zero attached hydrogens (tertiary/aromatic N) is 2. The van der Waals surface area contributed by atoms with Crippen LogP contribution in [0.1, 0.15) is 18.4 Å². The molecule has 2 heterocycles. The van der Waals surface area contributed by atoms with Crippen LogP contribution in [-0.2, 0) is 9.59 Å². The molecule has 0 unspecified atom stereocenters. The van der Waals surface area contributed by atoms with Gasteiger partial charge in [-0.15, -0.1) is 0 Å². The van der Waals surface area contributed by atoms with Crippen LogP contribution in [0.2, 0.25) is 0 Å². The largest absolute Gasteiger partial charge is 0.550 e. The number of aromatic nitrogens is 1. The van der Waals surface area contributed by atoms with Gasteiger partial charge in [0.1, 0.15) is 4.32 Å². The van der Waals surface area contributed by atoms with Crippen LogP contribution < -0.4 is 5.11 Å². The lowest BCUT2D eigenvalue weighted by Crippen LogP contribution is -2.30. The van der Waals surface area contributed by atoms with Gasteiger partial charge in [0.25, 0.3) is 5.91 Å². The smallest absolute Gasteiger partial charge is 0.266 e. The molecular weight excluding hydrogens is 296 g/mol. The van der Waals surface area contributed by atoms with Crippen molar-refractivity contribution in [1.29, 1.82) is 0 Å². The molecule has 0 aliphatic carbocycles. The Morgan fingerprint density at radius 3 is 3.00 bits per heavy atom. The van der Waals surface area contributed by atoms with Crippen molar-refractivity contribution >= 4 is 46.3 Å². The summed E-state index contributed by atoms with van der Waals surface area (Å²) >= 11 is 6.35. The molecular formula is C13H11N2O3S2-. The fourth-order valence-electron chi connectivity index (χ4n) is 1.69. The highest BCUT2D eigenvalue weighted by Crippen LogP contribution is 2.32. The van der Waals surface area contributed by atoms with Gasteiger partial charge in [0.15, 0.2) is 0 Å². The minimum absolute atomic E-state index is 0.0846. The Balaban J connectivity index is 2.05. The third-order valence-corrected chi connectivity index (χ3v) is 4.00. The number of pyridine rings is 1. The Morgan fingerprint density at radius 1 is 1.55 bits per heavy atom. The van der Waals surface area contributed by atoms with Crippen molar-refractivity contribution in [2.24, 2.45) is 0 Å². The Morgan fingerprint density at radius 2 is 2.35 bits per heavy atom. The van der Waals surface area contributed by atoms with E-state index < -0.39 is 5.97 Å². The Kier molecular flexibility index (Phi) is 4.86. The van der Waals surface area contributed by atoms with Gasteiger partial charge in [-0.25, -0.2) is 0 Å². The Hall–Kier alpha value is -1.73. The van der Waals surface area contributed by atoms with Crippen molar-refractivity contribution in [2.75, 3.05) is 6.54 Å². The summed E-state index contributed by atoms with van der Waals surface area (Å²) < 4.78 is 0.448. The minimum atomic E-state index is -1.12. The van der Waals surface area contributed by atoms with Crippen molar-refractivity contribution in [3.63, 3.8) is 0 Å². The van der Waals surface area contributed by atoms with Crippen LogP contribution in [0.25, 0.3) is 6.08 Å². The van der Waals surface area contributed by atoms with Gasteiger partial charge in [-0.3, -0.25) is 14.7 Å². The van der Waals surface area contributed by atoms with Crippen molar-refractivity contribution in [3.05, 3.63) is 35.0 Å². The van der Waals surface area contributed by atoms with Crippen molar-refractivity contribution in [1.82, 2.24) is 9.88 Å². The zero-order valence-electron chi connectivity index (χ0n) is 10.4. The lowest BCUT2D eigenvalue weighted by Gasteiger charge is -2.14. The first-order chi connectivity index (χ1) is 9.58. The van der Waals surface area contributed by atoms with E-state index in [2.05, 4.69) is 4.98 Å². The molecule has 1 aromatic rings. The second-order valence-electron chi connectivity index (χ2n) is 4.10. The van der Waals surface area contributed by atoms with Crippen LogP contribution in [0.15, 0.2) is 29.4 Å². The molecule has 1 aliphatic rings. The fourth-order valence-corrected chi connectivity index (χ4v) is 3.00. The molecule has 1 saturated heterocycles. The summed E-state index contributed by atoms with van der Waals surface area (Å²) in [5.74, 6) is -1.32. The highest BCUT2D eigenvalue weighted by atomic mass is 32.2. The van der Waals surface area contributed by atoms with Gasteiger partial charge in [0.05, 0.1) is 4.91 Å². The van der Waals surface area contributed by atoms with Crippen molar-refractivity contribution in [3.8, 4) is 0 Å². The number of carbonyl (C=O) groups is 2. The lowest BCUT2D eigenvalue weighted by atomic mass is 10.2. The number of thioether (sulfide) groups is 1. The molecule has 7 heteroatoms. The van der Waals surface area contributed by atoms with Gasteiger partial charge >= 0.3 is 0 Å². The maximum Gasteiger partial charge on any atom is 0.266 e. The van der Waals surface area contributed by atoms with E-state index in [1.54, 1.807) is 24.5 Å². The average molecular weight is 307 g/mol. The molecule has 0 radical (unpaired) electrons. The highest BCUT2D eigenvalue weighted by molar-refractivity contribution is 8.26. The Labute approximate surface area is 125 Å². The maximum absolute atomic E-state index is 12.2. The van der Waals surface area contributed by atoms with Gasteiger partial charge in [0.2, 0.25) is 0 Å². The average Bonchev–Trinajstić information content (AvgIpc) is 2.67. The van der Waals surface area contributed by atoms with E-state index in [4.69, 9.17) is 12.2 Å². The van der Waals surface area contributed by atoms with Crippen LogP contribution in [0.4, 0.5) is 0 Å². The van der Waals surface area contributed by atoms with Crippen LogP contribution in [0.5, 0.6) is 0 Å². The summed E-state index contributed by atoms with van der Waals surface area (Å²) in [7, 11) is 0. The molecule has 0 aromatic carbocycles. The van der Waals surface area contributed by atoms with E-state index >= 15 is 0 Å². The number of hydrogen-bond acceptors (Lipinski definition) is 6. The van der Waals surface area contributed by atoms with E-state index in [0.717, 1.165) is 5.56 Å². The van der Waals surface area contributed by atoms with Crippen molar-refractivity contribution < 1.29 is 14.7 Å². The Bertz CT molecular complexity index is 572. The summed E-state index contributed by atoms with van der Waals surface area (Å²) in [6.45, 7) is 0.295. The van der Waals surface area contributed by atoms with E-state index in [-0.39, 0.29) is 12.3 Å². The van der Waals surface area contributed by atoms with Gasteiger partial charge in [0, 0.05) is 24.9 Å². The van der Waals surface area contributed by atoms with E-state index in [1.165, 1.54) is 16.7 Å². The minimum Gasteiger partial charge on any atom is -0.550 e. The number of thiocarbonyl (C=S) groups is 1. The second kappa shape index (κ2) is 6.62. The first-order valence-electron chi connectivity index (χ1n) is 5.93. The topological polar surface area (TPSA) is 73.3 Å². The zero-order valence-corrected chi connectivity index (χ0v) is 12.1. The quantitative estimate of drug-likeness (QED) is 0.592. The molecule has 0 spiro atoms. The molecule has 1 fully saturated rings. The first-order valence-corrected chi connectivity index (χ1v) is 7.15. The van der Waals surface area contributed by atoms with Gasteiger partial charge in [-0.2, -0.15) is 0 Å². The number of carbonyl (C=O) groups excluding carboxylic acids is 2. The number of carboxylic acids is 1. The SMILES string of the molecule is O=C([O-])CCCN1C(=O)C(=Cc2cccnc2)SC1=S. The third kappa shape index (κ3) is 3.64. The molecule has 1 aliphatic heterocycles. The number of amides is 1. The fraction of sp³-hybridized carbons (Fsp3) is 0.231. The molecule has 0 N–H and O–H groups in total. The lowest BCUT2D eigenvalue weighted by molar-refractivity contribution is -0.305. The summed E-state index contributed by atoms with van der Waals surface area (Å²) in [6, 6.07) is 3.63. The standard InChI is InChI=1S/C13H12N2O3S2/c16-11(17)4-2-6-15-12(18)10(20-13(15)19)7-9-3-1-5-14-8-9/h1,3,5,7-8H,2,4,6H2,(H,16,17)/p-1. The van der Waals surface area contributed by atoms with Gasteiger partial charge < -0.3 is 9.90 Å². The van der Waals surface area contributed by atoms with Crippen LogP contribution >= 0.6 is 24.0 Å². The summed E-state index contributed by atoms with van der Waals surface area (Å²) in [4.78, 5) is 28.5. The molecule has 104 valence electrons. The second-order valence-corrected chi connectivity index (χ2v) is 5.77. The monoisotopic (exact) mass is 307 g/mol. The molecule has 5 nitrogen and oxygen atoms in total. The highest BCUT2D eigenvalue weighted by Gasteiger charge is 2.31. The summed E-state index contributed by atoms with van der Waals surface area (Å²) in [6.07, 6.45) is 5.28. The molecule has 1 aromatic heterocycles. The normalized spacial score (nSPS) is 17.0. The van der Waals surface area contributed by atoms with Gasteiger partial charge in [-0.05, 0) is 30.5 Å². The molecule has 20 heavy (non-hydrogen) atoms. The molecule has 2 rings (SSSR count). The maximum atomic E-state index is 12.2. The molecule has 0 saturated carbocycles. The molecule has 0 atom stereocenters. The van der Waals surface area contributed by atoms with Crippen LogP contribution in [-0.4, -0.2) is 32.6 Å². The summed E-state index contributed by atoms with van der Waals surface area (Å²) in [5, 5.41) is 10.4. The van der Waals surface area contributed by atoms with Crippen molar-refractivity contribution in [2.45, 2.75) is 12.8 Å². The van der Waals surface area contributed by atoms with Crippen LogP contribution in [0.3, 0.4) is 0 Å². The summed E-state index contributed by atoms with van der Waals surface area (Å²) in [5.41, 5.74) is 0.822. The van der Waals surface area contributed by atoms with E-state index in [9.17, 15) is 14.7 Å². The predicted octanol–water partition coefficient (Wildman–Crippen LogP) is 0.813. The molecule has 1 amide bonds. The molecule has 0 bridgehead atoms. The number of aliphatic carboxylic acids is 1. The van der Waals surface area contributed by atoms with E-state index in [1.807, 2.05) is 6.07 Å². The third-order valence-electron chi connectivity index (χ3n) is 2.62. The number of rotatable bonds is 5. The number of hydrogen-bond donors (Lipinski definition) is 0. The predicted molar refractivity (Wildman–Crippen MR) is 78.4 cm³/mol. The number of carboxylic acid groups (broad SMARTS) is 1. The first kappa shape index (κ1) is 14.7. The zero-order chi connectivity index (χ0) is 14.5. The van der Waals surface area contributed by atoms with E-state index in [0.29, 0.717) is 22.2 Å². The van der Waals surface area contributed by atoms with Crippen LogP contribution in [0, 0.1) is 0 Å². The van der Waals surface area contributed by atoms with Gasteiger partial charge in [-0.1, -0.05) is 30.0 Å².